The normalized spacial score (nSPS) is 22.6. The van der Waals surface area contributed by atoms with Gasteiger partial charge in [0.25, 0.3) is 0 Å². The number of benzene rings is 1. The van der Waals surface area contributed by atoms with Gasteiger partial charge in [-0.2, -0.15) is 0 Å². The number of rotatable bonds is 3. The molecule has 0 aliphatic heterocycles. The molecule has 0 heterocycles. The quantitative estimate of drug-likeness (QED) is 0.795. The maximum Gasteiger partial charge on any atom is 0.228 e. The van der Waals surface area contributed by atoms with Crippen LogP contribution in [0.15, 0.2) is 23.8 Å². The van der Waals surface area contributed by atoms with E-state index in [0.717, 1.165) is 16.8 Å². The fourth-order valence-corrected chi connectivity index (χ4v) is 3.43. The van der Waals surface area contributed by atoms with Crippen molar-refractivity contribution in [3.05, 3.63) is 40.5 Å². The molecule has 2 rings (SSSR count). The minimum atomic E-state index is 0.0634. The lowest BCUT2D eigenvalue weighted by Crippen LogP contribution is -2.18. The molecule has 0 unspecified atom stereocenters. The van der Waals surface area contributed by atoms with Crippen LogP contribution in [0.5, 0.6) is 0 Å². The van der Waals surface area contributed by atoms with Gasteiger partial charge in [-0.05, 0) is 57.1 Å². The second-order valence-electron chi connectivity index (χ2n) is 7.33. The van der Waals surface area contributed by atoms with Crippen LogP contribution in [-0.2, 0) is 4.79 Å². The SMILES string of the molecule is CC(C)=C[C@@H]1[C@@H](C(=O)Nc2c(C)cc(C)cc2C)C1(C)C. The van der Waals surface area contributed by atoms with Crippen molar-refractivity contribution in [3.63, 3.8) is 0 Å². The molecular weight excluding hydrogens is 258 g/mol. The Hall–Kier alpha value is -1.57. The van der Waals surface area contributed by atoms with Gasteiger partial charge < -0.3 is 5.32 Å². The molecular formula is C19H27NO. The Labute approximate surface area is 128 Å². The van der Waals surface area contributed by atoms with Crippen LogP contribution in [0, 0.1) is 38.0 Å². The molecule has 1 aromatic carbocycles. The summed E-state index contributed by atoms with van der Waals surface area (Å²) < 4.78 is 0. The minimum absolute atomic E-state index is 0.0634. The average Bonchev–Trinajstić information content (AvgIpc) is 2.84. The van der Waals surface area contributed by atoms with E-state index in [-0.39, 0.29) is 17.2 Å². The van der Waals surface area contributed by atoms with Crippen molar-refractivity contribution in [1.29, 1.82) is 0 Å². The maximum atomic E-state index is 12.6. The van der Waals surface area contributed by atoms with Gasteiger partial charge in [-0.25, -0.2) is 0 Å². The fraction of sp³-hybridized carbons (Fsp3) is 0.526. The van der Waals surface area contributed by atoms with Crippen molar-refractivity contribution in [3.8, 4) is 0 Å². The molecule has 0 radical (unpaired) electrons. The van der Waals surface area contributed by atoms with E-state index >= 15 is 0 Å². The number of aryl methyl sites for hydroxylation is 3. The molecule has 1 fully saturated rings. The number of carbonyl (C=O) groups is 1. The topological polar surface area (TPSA) is 29.1 Å². The Bertz CT molecular complexity index is 583. The smallest absolute Gasteiger partial charge is 0.228 e. The van der Waals surface area contributed by atoms with Gasteiger partial charge >= 0.3 is 0 Å². The van der Waals surface area contributed by atoms with Crippen LogP contribution >= 0.6 is 0 Å². The lowest BCUT2D eigenvalue weighted by Gasteiger charge is -2.13. The molecule has 1 amide bonds. The van der Waals surface area contributed by atoms with Crippen LogP contribution in [0.2, 0.25) is 0 Å². The predicted molar refractivity (Wildman–Crippen MR) is 89.5 cm³/mol. The first-order chi connectivity index (χ1) is 9.64. The molecule has 0 saturated heterocycles. The third kappa shape index (κ3) is 3.04. The highest BCUT2D eigenvalue weighted by Crippen LogP contribution is 2.59. The lowest BCUT2D eigenvalue weighted by atomic mass is 10.0. The molecule has 1 aliphatic rings. The van der Waals surface area contributed by atoms with Crippen molar-refractivity contribution in [2.24, 2.45) is 17.3 Å². The molecule has 2 nitrogen and oxygen atoms in total. The summed E-state index contributed by atoms with van der Waals surface area (Å²) >= 11 is 0. The van der Waals surface area contributed by atoms with Gasteiger partial charge in [0.05, 0.1) is 5.92 Å². The Morgan fingerprint density at radius 2 is 1.67 bits per heavy atom. The summed E-state index contributed by atoms with van der Waals surface area (Å²) in [6.07, 6.45) is 2.24. The largest absolute Gasteiger partial charge is 0.325 e. The highest BCUT2D eigenvalue weighted by molar-refractivity contribution is 5.97. The zero-order valence-corrected chi connectivity index (χ0v) is 14.3. The van der Waals surface area contributed by atoms with Crippen molar-refractivity contribution >= 4 is 11.6 Å². The van der Waals surface area contributed by atoms with Crippen LogP contribution in [0.25, 0.3) is 0 Å². The summed E-state index contributed by atoms with van der Waals surface area (Å²) in [6, 6.07) is 4.24. The minimum Gasteiger partial charge on any atom is -0.325 e. The van der Waals surface area contributed by atoms with Crippen LogP contribution in [-0.4, -0.2) is 5.91 Å². The van der Waals surface area contributed by atoms with Gasteiger partial charge in [0.2, 0.25) is 5.91 Å². The van der Waals surface area contributed by atoms with Crippen molar-refractivity contribution < 1.29 is 4.79 Å². The van der Waals surface area contributed by atoms with Crippen LogP contribution < -0.4 is 5.32 Å². The molecule has 2 atom stereocenters. The highest BCUT2D eigenvalue weighted by atomic mass is 16.2. The van der Waals surface area contributed by atoms with Gasteiger partial charge in [0.15, 0.2) is 0 Å². The van der Waals surface area contributed by atoms with E-state index in [1.807, 2.05) is 0 Å². The fourth-order valence-electron chi connectivity index (χ4n) is 3.43. The first kappa shape index (κ1) is 15.8. The summed E-state index contributed by atoms with van der Waals surface area (Å²) in [5, 5.41) is 3.16. The Kier molecular flexibility index (Phi) is 4.01. The first-order valence-corrected chi connectivity index (χ1v) is 7.68. The van der Waals surface area contributed by atoms with Crippen molar-refractivity contribution in [1.82, 2.24) is 0 Å². The molecule has 1 N–H and O–H groups in total. The molecule has 0 aromatic heterocycles. The zero-order chi connectivity index (χ0) is 15.9. The molecule has 0 bridgehead atoms. The van der Waals surface area contributed by atoms with E-state index in [2.05, 4.69) is 72.0 Å². The third-order valence-corrected chi connectivity index (χ3v) is 4.63. The number of hydrogen-bond acceptors (Lipinski definition) is 1. The molecule has 114 valence electrons. The van der Waals surface area contributed by atoms with Crippen molar-refractivity contribution in [2.75, 3.05) is 5.32 Å². The van der Waals surface area contributed by atoms with Gasteiger partial charge in [-0.15, -0.1) is 0 Å². The van der Waals surface area contributed by atoms with Crippen molar-refractivity contribution in [2.45, 2.75) is 48.5 Å². The molecule has 2 heteroatoms. The Morgan fingerprint density at radius 1 is 1.14 bits per heavy atom. The number of allylic oxidation sites excluding steroid dienone is 2. The summed E-state index contributed by atoms with van der Waals surface area (Å²) in [5.74, 6) is 0.582. The second kappa shape index (κ2) is 5.32. The van der Waals surface area contributed by atoms with Crippen LogP contribution in [0.1, 0.15) is 44.4 Å². The van der Waals surface area contributed by atoms with E-state index in [4.69, 9.17) is 0 Å². The molecule has 21 heavy (non-hydrogen) atoms. The number of nitrogens with one attached hydrogen (secondary N) is 1. The second-order valence-corrected chi connectivity index (χ2v) is 7.33. The average molecular weight is 285 g/mol. The number of anilines is 1. The van der Waals surface area contributed by atoms with Gasteiger partial charge in [0.1, 0.15) is 0 Å². The van der Waals surface area contributed by atoms with Gasteiger partial charge in [-0.1, -0.05) is 43.2 Å². The Balaban J connectivity index is 2.19. The summed E-state index contributed by atoms with van der Waals surface area (Å²) in [7, 11) is 0. The highest BCUT2D eigenvalue weighted by Gasteiger charge is 2.60. The zero-order valence-electron chi connectivity index (χ0n) is 14.3. The standard InChI is InChI=1S/C19H27NO/c1-11(2)8-15-16(19(15,6)7)18(21)20-17-13(4)9-12(3)10-14(17)5/h8-10,15-16H,1-7H3,(H,20,21)/t15-,16+/m1/s1. The number of hydrogen-bond donors (Lipinski definition) is 1. The van der Waals surface area contributed by atoms with E-state index in [0.29, 0.717) is 5.92 Å². The van der Waals surface area contributed by atoms with E-state index < -0.39 is 0 Å². The van der Waals surface area contributed by atoms with Gasteiger partial charge in [-0.3, -0.25) is 4.79 Å². The van der Waals surface area contributed by atoms with Gasteiger partial charge in [0, 0.05) is 5.69 Å². The molecule has 1 aromatic rings. The Morgan fingerprint density at radius 3 is 2.14 bits per heavy atom. The predicted octanol–water partition coefficient (Wildman–Crippen LogP) is 4.79. The summed E-state index contributed by atoms with van der Waals surface area (Å²) in [4.78, 5) is 12.6. The lowest BCUT2D eigenvalue weighted by molar-refractivity contribution is -0.118. The third-order valence-electron chi connectivity index (χ3n) is 4.63. The number of carbonyl (C=O) groups excluding carboxylic acids is 1. The maximum absolute atomic E-state index is 12.6. The van der Waals surface area contributed by atoms with Crippen LogP contribution in [0.4, 0.5) is 5.69 Å². The molecule has 1 saturated carbocycles. The summed E-state index contributed by atoms with van der Waals surface area (Å²) in [6.45, 7) is 14.7. The molecule has 0 spiro atoms. The van der Waals surface area contributed by atoms with E-state index in [1.54, 1.807) is 0 Å². The monoisotopic (exact) mass is 285 g/mol. The van der Waals surface area contributed by atoms with E-state index in [9.17, 15) is 4.79 Å². The number of amides is 1. The summed E-state index contributed by atoms with van der Waals surface area (Å²) in [5.41, 5.74) is 5.83. The first-order valence-electron chi connectivity index (χ1n) is 7.68. The van der Waals surface area contributed by atoms with Crippen LogP contribution in [0.3, 0.4) is 0 Å². The van der Waals surface area contributed by atoms with E-state index in [1.165, 1.54) is 11.1 Å². The molecule has 1 aliphatic carbocycles.